The Hall–Kier alpha value is -3.28. The van der Waals surface area contributed by atoms with E-state index >= 15 is 0 Å². The van der Waals surface area contributed by atoms with Crippen molar-refractivity contribution >= 4 is 17.5 Å². The summed E-state index contributed by atoms with van der Waals surface area (Å²) in [5.41, 5.74) is 1.54. The average Bonchev–Trinajstić information content (AvgIpc) is 2.68. The summed E-state index contributed by atoms with van der Waals surface area (Å²) in [5, 5.41) is 11.0. The number of halogens is 1. The van der Waals surface area contributed by atoms with Gasteiger partial charge in [0.2, 0.25) is 0 Å². The Bertz CT molecular complexity index is 880. The third-order valence-corrected chi connectivity index (χ3v) is 4.11. The Labute approximate surface area is 157 Å². The van der Waals surface area contributed by atoms with Crippen molar-refractivity contribution in [3.8, 4) is 0 Å². The summed E-state index contributed by atoms with van der Waals surface area (Å²) in [4.78, 5) is 14.3. The van der Waals surface area contributed by atoms with Crippen LogP contribution in [-0.2, 0) is 6.54 Å². The molecule has 5 nitrogen and oxygen atoms in total. The minimum absolute atomic E-state index is 0.235. The van der Waals surface area contributed by atoms with Crippen LogP contribution in [0.2, 0.25) is 0 Å². The fourth-order valence-electron chi connectivity index (χ4n) is 2.64. The topological polar surface area (TPSA) is 58.1 Å². The molecule has 2 aromatic carbocycles. The van der Waals surface area contributed by atoms with Crippen LogP contribution in [0.25, 0.3) is 0 Å². The van der Waals surface area contributed by atoms with E-state index in [0.29, 0.717) is 17.9 Å². The van der Waals surface area contributed by atoms with E-state index in [1.54, 1.807) is 6.07 Å². The molecule has 0 saturated carbocycles. The Morgan fingerprint density at radius 1 is 1.00 bits per heavy atom. The summed E-state index contributed by atoms with van der Waals surface area (Å²) in [6.07, 6.45) is 0. The molecule has 0 aliphatic carbocycles. The highest BCUT2D eigenvalue weighted by atomic mass is 19.1. The zero-order chi connectivity index (χ0) is 19.2. The average molecular weight is 364 g/mol. The maximum absolute atomic E-state index is 13.0. The minimum atomic E-state index is -0.386. The van der Waals surface area contributed by atoms with Gasteiger partial charge in [0.05, 0.1) is 0 Å². The molecule has 0 unspecified atom stereocenters. The van der Waals surface area contributed by atoms with Crippen molar-refractivity contribution in [1.29, 1.82) is 0 Å². The predicted molar refractivity (Wildman–Crippen MR) is 104 cm³/mol. The Morgan fingerprint density at radius 2 is 1.70 bits per heavy atom. The van der Waals surface area contributed by atoms with E-state index in [4.69, 9.17) is 0 Å². The van der Waals surface area contributed by atoms with E-state index in [-0.39, 0.29) is 17.8 Å². The van der Waals surface area contributed by atoms with Gasteiger partial charge in [-0.2, -0.15) is 0 Å². The lowest BCUT2D eigenvalue weighted by atomic mass is 10.2. The van der Waals surface area contributed by atoms with Gasteiger partial charge < -0.3 is 10.2 Å². The normalized spacial score (nSPS) is 10.7. The van der Waals surface area contributed by atoms with Gasteiger partial charge in [0.25, 0.3) is 5.91 Å². The molecule has 0 aliphatic rings. The van der Waals surface area contributed by atoms with E-state index in [2.05, 4.69) is 46.4 Å². The smallest absolute Gasteiger partial charge is 0.256 e. The Morgan fingerprint density at radius 3 is 2.30 bits per heavy atom. The highest BCUT2D eigenvalue weighted by Gasteiger charge is 2.14. The molecule has 0 saturated heterocycles. The first-order valence-electron chi connectivity index (χ1n) is 8.74. The predicted octanol–water partition coefficient (Wildman–Crippen LogP) is 4.28. The van der Waals surface area contributed by atoms with Crippen molar-refractivity contribution in [3.05, 3.63) is 83.7 Å². The minimum Gasteiger partial charge on any atom is -0.348 e. The molecule has 0 spiro atoms. The van der Waals surface area contributed by atoms with Gasteiger partial charge in [0, 0.05) is 18.2 Å². The lowest BCUT2D eigenvalue weighted by Gasteiger charge is -2.27. The van der Waals surface area contributed by atoms with Gasteiger partial charge >= 0.3 is 0 Å². The highest BCUT2D eigenvalue weighted by Crippen LogP contribution is 2.18. The molecule has 1 heterocycles. The lowest BCUT2D eigenvalue weighted by molar-refractivity contribution is 0.102. The summed E-state index contributed by atoms with van der Waals surface area (Å²) in [5.74, 6) is 0.329. The molecular weight excluding hydrogens is 343 g/mol. The van der Waals surface area contributed by atoms with Gasteiger partial charge in [-0.3, -0.25) is 4.79 Å². The maximum Gasteiger partial charge on any atom is 0.256 e. The molecule has 0 bridgehead atoms. The summed E-state index contributed by atoms with van der Waals surface area (Å²) >= 11 is 0. The van der Waals surface area contributed by atoms with Crippen LogP contribution in [-0.4, -0.2) is 22.1 Å². The largest absolute Gasteiger partial charge is 0.348 e. The van der Waals surface area contributed by atoms with Gasteiger partial charge in [-0.05, 0) is 55.8 Å². The van der Waals surface area contributed by atoms with Crippen LogP contribution in [0.4, 0.5) is 16.0 Å². The molecule has 1 N–H and O–H groups in total. The fraction of sp³-hybridized carbons (Fsp3) is 0.190. The number of nitrogens with zero attached hydrogens (tertiary/aromatic N) is 3. The van der Waals surface area contributed by atoms with E-state index < -0.39 is 0 Å². The Kier molecular flexibility index (Phi) is 5.76. The number of benzene rings is 2. The second-order valence-electron chi connectivity index (χ2n) is 6.45. The molecule has 0 atom stereocenters. The summed E-state index contributed by atoms with van der Waals surface area (Å²) in [6.45, 7) is 4.90. The number of aromatic nitrogens is 2. The monoisotopic (exact) mass is 364 g/mol. The van der Waals surface area contributed by atoms with Crippen molar-refractivity contribution in [2.75, 3.05) is 10.2 Å². The zero-order valence-electron chi connectivity index (χ0n) is 15.3. The van der Waals surface area contributed by atoms with Crippen LogP contribution in [0.15, 0.2) is 66.7 Å². The molecule has 6 heteroatoms. The molecule has 1 aromatic heterocycles. The molecular formula is C21H21FN4O. The molecule has 3 aromatic rings. The van der Waals surface area contributed by atoms with Crippen molar-refractivity contribution in [1.82, 2.24) is 10.2 Å². The standard InChI is InChI=1S/C21H21FN4O/c1-15(2)26(14-16-6-4-3-5-7-16)20-13-12-19(24-25-20)23-21(27)17-8-10-18(22)11-9-17/h3-13,15H,14H2,1-2H3,(H,23,24,27). The number of rotatable bonds is 6. The number of anilines is 2. The zero-order valence-corrected chi connectivity index (χ0v) is 15.3. The van der Waals surface area contributed by atoms with Crippen molar-refractivity contribution in [3.63, 3.8) is 0 Å². The van der Waals surface area contributed by atoms with Crippen LogP contribution in [0.5, 0.6) is 0 Å². The van der Waals surface area contributed by atoms with Crippen LogP contribution >= 0.6 is 0 Å². The molecule has 3 rings (SSSR count). The van der Waals surface area contributed by atoms with Crippen molar-refractivity contribution in [2.45, 2.75) is 26.4 Å². The number of hydrogen-bond acceptors (Lipinski definition) is 4. The van der Waals surface area contributed by atoms with Crippen molar-refractivity contribution < 1.29 is 9.18 Å². The fourth-order valence-corrected chi connectivity index (χ4v) is 2.64. The molecule has 138 valence electrons. The first kappa shape index (κ1) is 18.5. The SMILES string of the molecule is CC(C)N(Cc1ccccc1)c1ccc(NC(=O)c2ccc(F)cc2)nn1. The van der Waals surface area contributed by atoms with E-state index in [1.807, 2.05) is 24.3 Å². The van der Waals surface area contributed by atoms with E-state index in [9.17, 15) is 9.18 Å². The number of hydrogen-bond donors (Lipinski definition) is 1. The molecule has 0 aliphatic heterocycles. The third-order valence-electron chi connectivity index (χ3n) is 4.11. The van der Waals surface area contributed by atoms with Crippen LogP contribution in [0.3, 0.4) is 0 Å². The van der Waals surface area contributed by atoms with Crippen LogP contribution < -0.4 is 10.2 Å². The second-order valence-corrected chi connectivity index (χ2v) is 6.45. The Balaban J connectivity index is 1.71. The quantitative estimate of drug-likeness (QED) is 0.709. The van der Waals surface area contributed by atoms with E-state index in [0.717, 1.165) is 5.82 Å². The number of nitrogens with one attached hydrogen (secondary N) is 1. The van der Waals surface area contributed by atoms with Crippen LogP contribution in [0, 0.1) is 5.82 Å². The first-order valence-corrected chi connectivity index (χ1v) is 8.74. The summed E-state index contributed by atoms with van der Waals surface area (Å²) in [6, 6.07) is 19.3. The molecule has 27 heavy (non-hydrogen) atoms. The molecule has 1 amide bonds. The second kappa shape index (κ2) is 8.40. The maximum atomic E-state index is 13.0. The molecule has 0 fully saturated rings. The van der Waals surface area contributed by atoms with Gasteiger partial charge in [0.1, 0.15) is 5.82 Å². The lowest BCUT2D eigenvalue weighted by Crippen LogP contribution is -2.31. The molecule has 0 radical (unpaired) electrons. The third kappa shape index (κ3) is 4.88. The van der Waals surface area contributed by atoms with Crippen LogP contribution in [0.1, 0.15) is 29.8 Å². The van der Waals surface area contributed by atoms with Gasteiger partial charge in [-0.25, -0.2) is 4.39 Å². The summed E-state index contributed by atoms with van der Waals surface area (Å²) < 4.78 is 13.0. The highest BCUT2D eigenvalue weighted by molar-refractivity contribution is 6.03. The van der Waals surface area contributed by atoms with Crippen molar-refractivity contribution in [2.24, 2.45) is 0 Å². The van der Waals surface area contributed by atoms with E-state index in [1.165, 1.54) is 29.8 Å². The number of amides is 1. The van der Waals surface area contributed by atoms with Gasteiger partial charge in [0.15, 0.2) is 11.6 Å². The van der Waals surface area contributed by atoms with Gasteiger partial charge in [-0.15, -0.1) is 10.2 Å². The van der Waals surface area contributed by atoms with Gasteiger partial charge in [-0.1, -0.05) is 30.3 Å². The first-order chi connectivity index (χ1) is 13.0. The summed E-state index contributed by atoms with van der Waals surface area (Å²) in [7, 11) is 0. The number of carbonyl (C=O) groups is 1. The number of carbonyl (C=O) groups excluding carboxylic acids is 1.